The Labute approximate surface area is 130 Å². The average Bonchev–Trinajstić information content (AvgIpc) is 2.53. The number of amides is 1. The summed E-state index contributed by atoms with van der Waals surface area (Å²) in [5.74, 6) is 1.32. The highest BCUT2D eigenvalue weighted by atomic mass is 16.3. The van der Waals surface area contributed by atoms with Crippen molar-refractivity contribution >= 4 is 17.5 Å². The number of nitrogens with two attached hydrogens (primary N) is 1. The standard InChI is InChI=1S/C14H24N6O2/c1-16-11-6-12(18-10-17-11)20-5-3-4-14(22,9-20)8-19(2)13(21)7-15/h6,10,22H,3-5,7-9,15H2,1-2H3,(H,16,17,18)/t14-/m1/s1. The number of nitrogens with one attached hydrogen (secondary N) is 1. The predicted octanol–water partition coefficient (Wildman–Crippen LogP) is -0.733. The Morgan fingerprint density at radius 3 is 3.05 bits per heavy atom. The van der Waals surface area contributed by atoms with Crippen LogP contribution in [0.15, 0.2) is 12.4 Å². The molecule has 0 radical (unpaired) electrons. The van der Waals surface area contributed by atoms with Gasteiger partial charge in [-0.1, -0.05) is 0 Å². The van der Waals surface area contributed by atoms with Gasteiger partial charge in [-0.3, -0.25) is 4.79 Å². The van der Waals surface area contributed by atoms with E-state index in [1.54, 1.807) is 14.1 Å². The summed E-state index contributed by atoms with van der Waals surface area (Å²) in [7, 11) is 3.46. The van der Waals surface area contributed by atoms with Crippen LogP contribution in [0.3, 0.4) is 0 Å². The zero-order valence-corrected chi connectivity index (χ0v) is 13.1. The number of carbonyl (C=O) groups is 1. The summed E-state index contributed by atoms with van der Waals surface area (Å²) < 4.78 is 0. The summed E-state index contributed by atoms with van der Waals surface area (Å²) in [6.45, 7) is 1.46. The highest BCUT2D eigenvalue weighted by molar-refractivity contribution is 5.77. The summed E-state index contributed by atoms with van der Waals surface area (Å²) in [5.41, 5.74) is 4.41. The number of β-amino-alcohol motifs (C(OH)–C–C–N with tert-alkyl or cyclic N) is 1. The molecule has 0 aromatic carbocycles. The van der Waals surface area contributed by atoms with E-state index in [1.165, 1.54) is 11.2 Å². The van der Waals surface area contributed by atoms with Crippen molar-refractivity contribution in [1.29, 1.82) is 0 Å². The molecule has 0 unspecified atom stereocenters. The molecular formula is C14H24N6O2. The summed E-state index contributed by atoms with van der Waals surface area (Å²) in [6.07, 6.45) is 2.98. The first-order valence-electron chi connectivity index (χ1n) is 7.38. The van der Waals surface area contributed by atoms with Gasteiger partial charge in [0.05, 0.1) is 18.7 Å². The first-order valence-corrected chi connectivity index (χ1v) is 7.38. The van der Waals surface area contributed by atoms with Crippen molar-refractivity contribution in [3.05, 3.63) is 12.4 Å². The SMILES string of the molecule is CNc1cc(N2CCC[C@@](O)(CN(C)C(=O)CN)C2)ncn1. The molecule has 122 valence electrons. The quantitative estimate of drug-likeness (QED) is 0.658. The Hall–Kier alpha value is -1.93. The summed E-state index contributed by atoms with van der Waals surface area (Å²) in [6, 6.07) is 1.85. The van der Waals surface area contributed by atoms with E-state index < -0.39 is 5.60 Å². The van der Waals surface area contributed by atoms with Crippen LogP contribution in [0.4, 0.5) is 11.6 Å². The fourth-order valence-corrected chi connectivity index (χ4v) is 2.78. The molecule has 1 amide bonds. The highest BCUT2D eigenvalue weighted by Gasteiger charge is 2.35. The molecule has 8 heteroatoms. The molecule has 4 N–H and O–H groups in total. The third kappa shape index (κ3) is 3.83. The molecule has 22 heavy (non-hydrogen) atoms. The van der Waals surface area contributed by atoms with Gasteiger partial charge >= 0.3 is 0 Å². The number of carbonyl (C=O) groups excluding carboxylic acids is 1. The Kier molecular flexibility index (Phi) is 5.15. The van der Waals surface area contributed by atoms with E-state index in [4.69, 9.17) is 5.73 Å². The van der Waals surface area contributed by atoms with E-state index in [0.717, 1.165) is 24.6 Å². The van der Waals surface area contributed by atoms with Crippen LogP contribution in [0.2, 0.25) is 0 Å². The molecule has 1 aromatic heterocycles. The molecule has 0 saturated carbocycles. The molecule has 1 aliphatic heterocycles. The highest BCUT2D eigenvalue weighted by Crippen LogP contribution is 2.26. The van der Waals surface area contributed by atoms with Gasteiger partial charge in [-0.25, -0.2) is 9.97 Å². The van der Waals surface area contributed by atoms with Crippen LogP contribution in [0.1, 0.15) is 12.8 Å². The predicted molar refractivity (Wildman–Crippen MR) is 84.7 cm³/mol. The Morgan fingerprint density at radius 2 is 2.36 bits per heavy atom. The van der Waals surface area contributed by atoms with Crippen molar-refractivity contribution in [2.45, 2.75) is 18.4 Å². The number of piperidine rings is 1. The van der Waals surface area contributed by atoms with Crippen LogP contribution in [-0.2, 0) is 4.79 Å². The number of hydrogen-bond donors (Lipinski definition) is 3. The fourth-order valence-electron chi connectivity index (χ4n) is 2.78. The van der Waals surface area contributed by atoms with E-state index in [9.17, 15) is 9.90 Å². The second-order valence-corrected chi connectivity index (χ2v) is 5.71. The Bertz CT molecular complexity index is 526. The van der Waals surface area contributed by atoms with Crippen LogP contribution in [-0.4, -0.2) is 71.8 Å². The number of likely N-dealkylation sites (N-methyl/N-ethyl adjacent to an activating group) is 1. The Balaban J connectivity index is 2.08. The smallest absolute Gasteiger partial charge is 0.236 e. The maximum absolute atomic E-state index is 11.6. The molecule has 1 atom stereocenters. The normalized spacial score (nSPS) is 21.5. The largest absolute Gasteiger partial charge is 0.386 e. The van der Waals surface area contributed by atoms with E-state index in [2.05, 4.69) is 15.3 Å². The van der Waals surface area contributed by atoms with Crippen molar-refractivity contribution < 1.29 is 9.90 Å². The third-order valence-corrected chi connectivity index (χ3v) is 3.92. The van der Waals surface area contributed by atoms with Gasteiger partial charge in [0.2, 0.25) is 5.91 Å². The van der Waals surface area contributed by atoms with Gasteiger partial charge in [-0.15, -0.1) is 0 Å². The van der Waals surface area contributed by atoms with Crippen molar-refractivity contribution in [1.82, 2.24) is 14.9 Å². The zero-order chi connectivity index (χ0) is 16.2. The molecule has 8 nitrogen and oxygen atoms in total. The van der Waals surface area contributed by atoms with Crippen LogP contribution in [0.25, 0.3) is 0 Å². The topological polar surface area (TPSA) is 108 Å². The molecule has 0 aliphatic carbocycles. The molecule has 0 spiro atoms. The Morgan fingerprint density at radius 1 is 1.59 bits per heavy atom. The minimum Gasteiger partial charge on any atom is -0.386 e. The summed E-state index contributed by atoms with van der Waals surface area (Å²) in [5, 5.41) is 13.8. The number of anilines is 2. The van der Waals surface area contributed by atoms with Crippen LogP contribution < -0.4 is 16.0 Å². The number of hydrogen-bond acceptors (Lipinski definition) is 7. The van der Waals surface area contributed by atoms with Gasteiger partial charge < -0.3 is 26.0 Å². The van der Waals surface area contributed by atoms with Gasteiger partial charge in [0.15, 0.2) is 0 Å². The van der Waals surface area contributed by atoms with Gasteiger partial charge in [0.1, 0.15) is 18.0 Å². The summed E-state index contributed by atoms with van der Waals surface area (Å²) >= 11 is 0. The first-order chi connectivity index (χ1) is 10.5. The lowest BCUT2D eigenvalue weighted by molar-refractivity contribution is -0.132. The zero-order valence-electron chi connectivity index (χ0n) is 13.1. The molecule has 0 bridgehead atoms. The lowest BCUT2D eigenvalue weighted by atomic mass is 9.92. The lowest BCUT2D eigenvalue weighted by Crippen LogP contribution is -2.55. The fraction of sp³-hybridized carbons (Fsp3) is 0.643. The number of rotatable bonds is 5. The van der Waals surface area contributed by atoms with Gasteiger partial charge in [-0.2, -0.15) is 0 Å². The maximum atomic E-state index is 11.6. The van der Waals surface area contributed by atoms with Crippen LogP contribution >= 0.6 is 0 Å². The van der Waals surface area contributed by atoms with E-state index in [0.29, 0.717) is 13.0 Å². The van der Waals surface area contributed by atoms with E-state index in [1.807, 2.05) is 11.0 Å². The van der Waals surface area contributed by atoms with Crippen molar-refractivity contribution in [2.75, 3.05) is 50.5 Å². The monoisotopic (exact) mass is 308 g/mol. The number of aliphatic hydroxyl groups is 1. The third-order valence-electron chi connectivity index (χ3n) is 3.92. The van der Waals surface area contributed by atoms with Gasteiger partial charge in [0, 0.05) is 33.3 Å². The molecule has 2 rings (SSSR count). The first kappa shape index (κ1) is 16.4. The molecule has 1 aliphatic rings. The van der Waals surface area contributed by atoms with Gasteiger partial charge in [0.25, 0.3) is 0 Å². The van der Waals surface area contributed by atoms with E-state index >= 15 is 0 Å². The second-order valence-electron chi connectivity index (χ2n) is 5.71. The number of nitrogens with zero attached hydrogens (tertiary/aromatic N) is 4. The molecule has 1 aromatic rings. The molecular weight excluding hydrogens is 284 g/mol. The van der Waals surface area contributed by atoms with Crippen molar-refractivity contribution in [2.24, 2.45) is 5.73 Å². The minimum absolute atomic E-state index is 0.0479. The second kappa shape index (κ2) is 6.89. The lowest BCUT2D eigenvalue weighted by Gasteiger charge is -2.41. The van der Waals surface area contributed by atoms with Crippen molar-refractivity contribution in [3.63, 3.8) is 0 Å². The molecule has 2 heterocycles. The molecule has 1 fully saturated rings. The van der Waals surface area contributed by atoms with E-state index in [-0.39, 0.29) is 19.0 Å². The average molecular weight is 308 g/mol. The van der Waals surface area contributed by atoms with Gasteiger partial charge in [-0.05, 0) is 12.8 Å². The minimum atomic E-state index is -0.956. The maximum Gasteiger partial charge on any atom is 0.236 e. The van der Waals surface area contributed by atoms with Crippen LogP contribution in [0, 0.1) is 0 Å². The van der Waals surface area contributed by atoms with Crippen molar-refractivity contribution in [3.8, 4) is 0 Å². The van der Waals surface area contributed by atoms with Crippen LogP contribution in [0.5, 0.6) is 0 Å². The number of aromatic nitrogens is 2. The molecule has 1 saturated heterocycles. The summed E-state index contributed by atoms with van der Waals surface area (Å²) in [4.78, 5) is 23.5.